The van der Waals surface area contributed by atoms with Crippen molar-refractivity contribution in [1.82, 2.24) is 0 Å². The number of hydrogen-bond acceptors (Lipinski definition) is 3. The molecule has 0 fully saturated rings. The van der Waals surface area contributed by atoms with E-state index < -0.39 is 7.94 Å². The van der Waals surface area contributed by atoms with E-state index in [0.29, 0.717) is 11.5 Å². The Hall–Kier alpha value is -1.83. The molecule has 0 aliphatic heterocycles. The molecule has 0 aromatic heterocycles. The van der Waals surface area contributed by atoms with Gasteiger partial charge in [0.1, 0.15) is 0 Å². The Morgan fingerprint density at radius 2 is 1.32 bits per heavy atom. The monoisotopic (exact) mass is 276 g/mol. The molecule has 0 unspecified atom stereocenters. The van der Waals surface area contributed by atoms with Gasteiger partial charge in [0.05, 0.1) is 0 Å². The van der Waals surface area contributed by atoms with Crippen molar-refractivity contribution in [2.75, 3.05) is 6.16 Å². The maximum absolute atomic E-state index is 10.5. The number of rotatable bonds is 6. The van der Waals surface area contributed by atoms with E-state index in [4.69, 9.17) is 9.05 Å². The van der Waals surface area contributed by atoms with Gasteiger partial charge in [-0.2, -0.15) is 0 Å². The molecular formula is C15H17O3P. The SMILES string of the molecule is C=CC[PH](O)(Oc1ccccc1)Oc1ccccc1. The van der Waals surface area contributed by atoms with E-state index in [1.807, 2.05) is 36.4 Å². The van der Waals surface area contributed by atoms with Gasteiger partial charge in [-0.05, 0) is 0 Å². The molecule has 2 rings (SSSR count). The van der Waals surface area contributed by atoms with Crippen LogP contribution in [0.4, 0.5) is 0 Å². The second-order valence-electron chi connectivity index (χ2n) is 4.04. The van der Waals surface area contributed by atoms with Crippen LogP contribution in [0.2, 0.25) is 0 Å². The molecule has 0 spiro atoms. The van der Waals surface area contributed by atoms with E-state index in [2.05, 4.69) is 6.58 Å². The summed E-state index contributed by atoms with van der Waals surface area (Å²) in [7, 11) is -3.35. The second kappa shape index (κ2) is 6.37. The predicted molar refractivity (Wildman–Crippen MR) is 79.7 cm³/mol. The molecule has 3 nitrogen and oxygen atoms in total. The number of benzene rings is 2. The minimum absolute atomic E-state index is 0.288. The normalized spacial score (nSPS) is 11.6. The standard InChI is InChI=1S/C15H17O3P/c1-2-13-19(16,17-14-9-5-3-6-10-14)18-15-11-7-4-8-12-15/h2-12,16,19H,1,13H2. The van der Waals surface area contributed by atoms with Crippen LogP contribution in [0.25, 0.3) is 0 Å². The molecule has 0 saturated heterocycles. The third kappa shape index (κ3) is 4.09. The van der Waals surface area contributed by atoms with Gasteiger partial charge in [0.25, 0.3) is 0 Å². The quantitative estimate of drug-likeness (QED) is 0.644. The van der Waals surface area contributed by atoms with Crippen LogP contribution in [-0.2, 0) is 0 Å². The van der Waals surface area contributed by atoms with Crippen LogP contribution >= 0.6 is 7.94 Å². The summed E-state index contributed by atoms with van der Waals surface area (Å²) in [5.74, 6) is 1.18. The van der Waals surface area contributed by atoms with Crippen LogP contribution in [0.5, 0.6) is 11.5 Å². The fourth-order valence-corrected chi connectivity index (χ4v) is 3.21. The van der Waals surface area contributed by atoms with Gasteiger partial charge in [-0.25, -0.2) is 0 Å². The number of para-hydroxylation sites is 2. The Morgan fingerprint density at radius 1 is 0.895 bits per heavy atom. The molecule has 0 aliphatic rings. The van der Waals surface area contributed by atoms with Gasteiger partial charge in [-0.1, -0.05) is 0 Å². The summed E-state index contributed by atoms with van der Waals surface area (Å²) in [5, 5.41) is 0. The predicted octanol–water partition coefficient (Wildman–Crippen LogP) is 3.82. The van der Waals surface area contributed by atoms with Gasteiger partial charge in [0.2, 0.25) is 0 Å². The zero-order chi connectivity index (χ0) is 13.6. The van der Waals surface area contributed by atoms with Crippen LogP contribution in [0.15, 0.2) is 73.3 Å². The van der Waals surface area contributed by atoms with Crippen LogP contribution < -0.4 is 9.05 Å². The third-order valence-corrected chi connectivity index (χ3v) is 4.36. The summed E-state index contributed by atoms with van der Waals surface area (Å²) >= 11 is 0. The zero-order valence-electron chi connectivity index (χ0n) is 10.5. The van der Waals surface area contributed by atoms with E-state index in [1.165, 1.54) is 0 Å². The molecule has 0 radical (unpaired) electrons. The molecule has 19 heavy (non-hydrogen) atoms. The molecule has 0 aliphatic carbocycles. The average Bonchev–Trinajstić information content (AvgIpc) is 2.41. The summed E-state index contributed by atoms with van der Waals surface area (Å²) in [6.07, 6.45) is 1.90. The molecule has 0 saturated carbocycles. The Morgan fingerprint density at radius 3 is 1.68 bits per heavy atom. The van der Waals surface area contributed by atoms with E-state index in [1.54, 1.807) is 30.3 Å². The fourth-order valence-electron chi connectivity index (χ4n) is 1.63. The van der Waals surface area contributed by atoms with E-state index >= 15 is 0 Å². The van der Waals surface area contributed by atoms with Crippen molar-refractivity contribution in [1.29, 1.82) is 0 Å². The Bertz CT molecular complexity index is 472. The molecule has 0 amide bonds. The molecule has 0 heterocycles. The first-order chi connectivity index (χ1) is 9.22. The average molecular weight is 276 g/mol. The van der Waals surface area contributed by atoms with E-state index in [-0.39, 0.29) is 6.16 Å². The van der Waals surface area contributed by atoms with E-state index in [9.17, 15) is 4.89 Å². The van der Waals surface area contributed by atoms with Crippen molar-refractivity contribution in [3.05, 3.63) is 73.3 Å². The first kappa shape index (κ1) is 13.6. The van der Waals surface area contributed by atoms with Gasteiger partial charge in [0, 0.05) is 0 Å². The van der Waals surface area contributed by atoms with Crippen molar-refractivity contribution in [3.63, 3.8) is 0 Å². The van der Waals surface area contributed by atoms with Crippen LogP contribution in [0.3, 0.4) is 0 Å². The Kier molecular flexibility index (Phi) is 4.56. The van der Waals surface area contributed by atoms with Crippen LogP contribution in [0, 0.1) is 0 Å². The number of hydrogen-bond donors (Lipinski definition) is 1. The molecule has 0 atom stereocenters. The molecule has 2 aromatic rings. The molecular weight excluding hydrogens is 259 g/mol. The van der Waals surface area contributed by atoms with Gasteiger partial charge in [0.15, 0.2) is 0 Å². The molecule has 4 heteroatoms. The second-order valence-corrected chi connectivity index (χ2v) is 6.28. The summed E-state index contributed by atoms with van der Waals surface area (Å²) < 4.78 is 11.3. The van der Waals surface area contributed by atoms with Gasteiger partial charge < -0.3 is 0 Å². The van der Waals surface area contributed by atoms with Crippen molar-refractivity contribution < 1.29 is 13.9 Å². The van der Waals surface area contributed by atoms with Crippen molar-refractivity contribution >= 4 is 7.94 Å². The van der Waals surface area contributed by atoms with Crippen molar-refractivity contribution in [2.24, 2.45) is 0 Å². The van der Waals surface area contributed by atoms with E-state index in [0.717, 1.165) is 0 Å². The molecule has 1 N–H and O–H groups in total. The summed E-state index contributed by atoms with van der Waals surface area (Å²) in [6, 6.07) is 18.3. The van der Waals surface area contributed by atoms with Crippen molar-refractivity contribution in [3.8, 4) is 11.5 Å². The summed E-state index contributed by atoms with van der Waals surface area (Å²) in [5.41, 5.74) is 0. The summed E-state index contributed by atoms with van der Waals surface area (Å²) in [6.45, 7) is 3.64. The Balaban J connectivity index is 2.15. The first-order valence-electron chi connectivity index (χ1n) is 6.03. The Labute approximate surface area is 113 Å². The molecule has 0 bridgehead atoms. The fraction of sp³-hybridized carbons (Fsp3) is 0.0667. The minimum atomic E-state index is -3.35. The van der Waals surface area contributed by atoms with Gasteiger partial charge in [-0.3, -0.25) is 0 Å². The van der Waals surface area contributed by atoms with Crippen LogP contribution in [0.1, 0.15) is 0 Å². The van der Waals surface area contributed by atoms with Crippen molar-refractivity contribution in [2.45, 2.75) is 0 Å². The summed E-state index contributed by atoms with van der Waals surface area (Å²) in [4.78, 5) is 10.5. The van der Waals surface area contributed by atoms with Gasteiger partial charge in [-0.15, -0.1) is 0 Å². The zero-order valence-corrected chi connectivity index (χ0v) is 11.5. The number of allylic oxidation sites excluding steroid dienone is 1. The third-order valence-electron chi connectivity index (χ3n) is 2.44. The van der Waals surface area contributed by atoms with Gasteiger partial charge >= 0.3 is 113 Å². The topological polar surface area (TPSA) is 38.7 Å². The molecule has 2 aromatic carbocycles. The van der Waals surface area contributed by atoms with Crippen LogP contribution in [-0.4, -0.2) is 11.1 Å². The maximum atomic E-state index is 10.5. The first-order valence-corrected chi connectivity index (χ1v) is 8.00. The molecule has 100 valence electrons.